The van der Waals surface area contributed by atoms with E-state index in [0.29, 0.717) is 18.7 Å². The summed E-state index contributed by atoms with van der Waals surface area (Å²) in [5, 5.41) is 5.50. The molecule has 2 N–H and O–H groups in total. The van der Waals surface area contributed by atoms with Crippen LogP contribution in [0.3, 0.4) is 0 Å². The van der Waals surface area contributed by atoms with Gasteiger partial charge in [-0.05, 0) is 37.5 Å². The minimum Gasteiger partial charge on any atom is -0.337 e. The number of hydrogen-bond acceptors (Lipinski definition) is 2. The van der Waals surface area contributed by atoms with Gasteiger partial charge < -0.3 is 15.5 Å². The van der Waals surface area contributed by atoms with Gasteiger partial charge in [0, 0.05) is 36.8 Å². The van der Waals surface area contributed by atoms with Crippen LogP contribution < -0.4 is 10.6 Å². The summed E-state index contributed by atoms with van der Waals surface area (Å²) in [5.41, 5.74) is 1.26. The molecule has 1 fully saturated rings. The van der Waals surface area contributed by atoms with Gasteiger partial charge in [-0.3, -0.25) is 4.79 Å². The maximum absolute atomic E-state index is 13.1. The van der Waals surface area contributed by atoms with Crippen LogP contribution in [-0.2, 0) is 4.79 Å². The van der Waals surface area contributed by atoms with Gasteiger partial charge in [-0.15, -0.1) is 0 Å². The summed E-state index contributed by atoms with van der Waals surface area (Å²) < 4.78 is 13.1. The van der Waals surface area contributed by atoms with Crippen LogP contribution in [0.5, 0.6) is 0 Å². The van der Waals surface area contributed by atoms with Gasteiger partial charge in [0.15, 0.2) is 0 Å². The molecule has 23 heavy (non-hydrogen) atoms. The number of allylic oxidation sites excluding steroid dienone is 1. The molecular weight excluding hydrogens is 297 g/mol. The number of likely N-dealkylation sites (tertiary alicyclic amines) is 1. The number of fused-ring (bicyclic) bond motifs is 1. The smallest absolute Gasteiger partial charge is 0.319 e. The Hall–Kier alpha value is -2.37. The second kappa shape index (κ2) is 6.02. The van der Waals surface area contributed by atoms with Crippen molar-refractivity contribution in [1.82, 2.24) is 10.2 Å². The fraction of sp³-hybridized carbons (Fsp3) is 0.412. The third kappa shape index (κ3) is 3.06. The first kappa shape index (κ1) is 15.5. The molecule has 0 bridgehead atoms. The van der Waals surface area contributed by atoms with Crippen molar-refractivity contribution >= 4 is 17.6 Å². The number of piperidine rings is 1. The van der Waals surface area contributed by atoms with Crippen molar-refractivity contribution in [2.75, 3.05) is 18.9 Å². The van der Waals surface area contributed by atoms with E-state index < -0.39 is 5.82 Å². The van der Waals surface area contributed by atoms with Crippen LogP contribution in [-0.4, -0.2) is 30.4 Å². The normalized spacial score (nSPS) is 23.3. The fourth-order valence-electron chi connectivity index (χ4n) is 3.48. The molecule has 1 aromatic rings. The molecule has 1 heterocycles. The molecular formula is C17H20FN3O2. The standard InChI is InChI=1S/C17H20FN3O2/c1-21-14-6-3-8-17(14,9-7-15(21)22)11-19-16(23)20-13-5-2-4-12(18)10-13/h2,4-6,10H,3,7-9,11H2,1H3,(H2,19,20,23). The number of rotatable bonds is 3. The van der Waals surface area contributed by atoms with E-state index in [9.17, 15) is 14.0 Å². The van der Waals surface area contributed by atoms with Crippen LogP contribution in [0.2, 0.25) is 0 Å². The number of nitrogens with zero attached hydrogens (tertiary/aromatic N) is 1. The van der Waals surface area contributed by atoms with Crippen LogP contribution in [0, 0.1) is 11.2 Å². The molecule has 0 saturated carbocycles. The molecule has 1 unspecified atom stereocenters. The highest BCUT2D eigenvalue weighted by molar-refractivity contribution is 5.89. The molecule has 5 nitrogen and oxygen atoms in total. The van der Waals surface area contributed by atoms with Crippen LogP contribution in [0.4, 0.5) is 14.9 Å². The first-order valence-corrected chi connectivity index (χ1v) is 7.78. The molecule has 6 heteroatoms. The summed E-state index contributed by atoms with van der Waals surface area (Å²) in [6, 6.07) is 5.41. The van der Waals surface area contributed by atoms with E-state index in [4.69, 9.17) is 0 Å². The lowest BCUT2D eigenvalue weighted by Crippen LogP contribution is -2.47. The zero-order valence-corrected chi connectivity index (χ0v) is 13.1. The second-order valence-corrected chi connectivity index (χ2v) is 6.18. The van der Waals surface area contributed by atoms with E-state index in [1.54, 1.807) is 24.1 Å². The predicted molar refractivity (Wildman–Crippen MR) is 85.2 cm³/mol. The number of hydrogen-bond donors (Lipinski definition) is 2. The van der Waals surface area contributed by atoms with Crippen molar-refractivity contribution in [2.24, 2.45) is 5.41 Å². The summed E-state index contributed by atoms with van der Waals surface area (Å²) in [6.45, 7) is 0.470. The van der Waals surface area contributed by atoms with Crippen LogP contribution in [0.1, 0.15) is 25.7 Å². The molecule has 1 aliphatic carbocycles. The van der Waals surface area contributed by atoms with Gasteiger partial charge in [-0.1, -0.05) is 12.1 Å². The zero-order chi connectivity index (χ0) is 16.4. The number of nitrogens with one attached hydrogen (secondary N) is 2. The van der Waals surface area contributed by atoms with Crippen LogP contribution >= 0.6 is 0 Å². The van der Waals surface area contributed by atoms with Gasteiger partial charge in [0.1, 0.15) is 5.82 Å². The maximum Gasteiger partial charge on any atom is 0.319 e. The molecule has 1 saturated heterocycles. The molecule has 1 atom stereocenters. The number of urea groups is 1. The van der Waals surface area contributed by atoms with Crippen molar-refractivity contribution in [3.05, 3.63) is 41.9 Å². The summed E-state index contributed by atoms with van der Waals surface area (Å²) in [6.07, 6.45) is 5.19. The first-order valence-electron chi connectivity index (χ1n) is 7.78. The lowest BCUT2D eigenvalue weighted by molar-refractivity contribution is -0.131. The zero-order valence-electron chi connectivity index (χ0n) is 13.1. The van der Waals surface area contributed by atoms with Crippen LogP contribution in [0.25, 0.3) is 0 Å². The van der Waals surface area contributed by atoms with Crippen molar-refractivity contribution in [3.8, 4) is 0 Å². The molecule has 0 radical (unpaired) electrons. The lowest BCUT2D eigenvalue weighted by atomic mass is 9.77. The van der Waals surface area contributed by atoms with E-state index in [1.807, 2.05) is 0 Å². The van der Waals surface area contributed by atoms with E-state index >= 15 is 0 Å². The molecule has 122 valence electrons. The number of benzene rings is 1. The lowest BCUT2D eigenvalue weighted by Gasteiger charge is -2.41. The van der Waals surface area contributed by atoms with E-state index in [0.717, 1.165) is 25.0 Å². The second-order valence-electron chi connectivity index (χ2n) is 6.18. The molecule has 3 amide bonds. The Morgan fingerprint density at radius 3 is 3.00 bits per heavy atom. The Labute approximate surface area is 134 Å². The number of halogens is 1. The van der Waals surface area contributed by atoms with Gasteiger partial charge in [0.25, 0.3) is 0 Å². The summed E-state index contributed by atoms with van der Waals surface area (Å²) in [4.78, 5) is 25.6. The van der Waals surface area contributed by atoms with Gasteiger partial charge in [0.05, 0.1) is 0 Å². The first-order chi connectivity index (χ1) is 11.0. The Bertz CT molecular complexity index is 674. The van der Waals surface area contributed by atoms with Gasteiger partial charge >= 0.3 is 6.03 Å². The van der Waals surface area contributed by atoms with Crippen molar-refractivity contribution in [2.45, 2.75) is 25.7 Å². The maximum atomic E-state index is 13.1. The Morgan fingerprint density at radius 1 is 1.39 bits per heavy atom. The Morgan fingerprint density at radius 2 is 2.22 bits per heavy atom. The van der Waals surface area contributed by atoms with E-state index in [2.05, 4.69) is 16.7 Å². The Kier molecular flexibility index (Phi) is 4.07. The molecule has 0 aromatic heterocycles. The summed E-state index contributed by atoms with van der Waals surface area (Å²) >= 11 is 0. The highest BCUT2D eigenvalue weighted by Gasteiger charge is 2.44. The predicted octanol–water partition coefficient (Wildman–Crippen LogP) is 2.86. The van der Waals surface area contributed by atoms with Crippen molar-refractivity contribution < 1.29 is 14.0 Å². The minimum atomic E-state index is -0.394. The third-order valence-electron chi connectivity index (χ3n) is 4.73. The van der Waals surface area contributed by atoms with Gasteiger partial charge in [-0.25, -0.2) is 9.18 Å². The van der Waals surface area contributed by atoms with E-state index in [1.165, 1.54) is 12.1 Å². The summed E-state index contributed by atoms with van der Waals surface area (Å²) in [5.74, 6) is -0.271. The molecule has 1 aromatic carbocycles. The topological polar surface area (TPSA) is 61.4 Å². The largest absolute Gasteiger partial charge is 0.337 e. The van der Waals surface area contributed by atoms with Crippen molar-refractivity contribution in [1.29, 1.82) is 0 Å². The van der Waals surface area contributed by atoms with Gasteiger partial charge in [-0.2, -0.15) is 0 Å². The fourth-order valence-corrected chi connectivity index (χ4v) is 3.48. The third-order valence-corrected chi connectivity index (χ3v) is 4.73. The number of anilines is 1. The number of carbonyl (C=O) groups excluding carboxylic acids is 2. The van der Waals surface area contributed by atoms with Crippen LogP contribution in [0.15, 0.2) is 36.0 Å². The molecule has 0 spiro atoms. The average molecular weight is 317 g/mol. The summed E-state index contributed by atoms with van der Waals surface area (Å²) in [7, 11) is 1.79. The van der Waals surface area contributed by atoms with E-state index in [-0.39, 0.29) is 17.4 Å². The van der Waals surface area contributed by atoms with Gasteiger partial charge in [0.2, 0.25) is 5.91 Å². The molecule has 2 aliphatic rings. The quantitative estimate of drug-likeness (QED) is 0.900. The molecule has 1 aliphatic heterocycles. The monoisotopic (exact) mass is 317 g/mol. The highest BCUT2D eigenvalue weighted by atomic mass is 19.1. The van der Waals surface area contributed by atoms with Crippen molar-refractivity contribution in [3.63, 3.8) is 0 Å². The SMILES string of the molecule is CN1C(=O)CCC2(CNC(=O)Nc3cccc(F)c3)CCC=C12. The Balaban J connectivity index is 1.62. The number of amides is 3. The average Bonchev–Trinajstić information content (AvgIpc) is 2.94. The number of carbonyl (C=O) groups is 2. The minimum absolute atomic E-state index is 0.123. The molecule has 3 rings (SSSR count). The highest BCUT2D eigenvalue weighted by Crippen LogP contribution is 2.46.